The molecule has 1 fully saturated rings. The summed E-state index contributed by atoms with van der Waals surface area (Å²) in [6, 6.07) is 7.35. The molecular weight excluding hydrogens is 206 g/mol. The number of hydrogen-bond donors (Lipinski definition) is 1. The summed E-state index contributed by atoms with van der Waals surface area (Å²) in [5.41, 5.74) is 4.26. The van der Waals surface area contributed by atoms with Crippen molar-refractivity contribution in [2.45, 2.75) is 58.9 Å². The Labute approximate surface area is 106 Å². The maximum absolute atomic E-state index is 3.83. The van der Waals surface area contributed by atoms with E-state index in [0.29, 0.717) is 6.04 Å². The highest BCUT2D eigenvalue weighted by Crippen LogP contribution is 2.32. The molecule has 0 heterocycles. The zero-order chi connectivity index (χ0) is 12.3. The summed E-state index contributed by atoms with van der Waals surface area (Å²) in [5, 5.41) is 3.83. The minimum atomic E-state index is 0.700. The lowest BCUT2D eigenvalue weighted by Gasteiger charge is -2.24. The first-order chi connectivity index (χ1) is 8.26. The second kappa shape index (κ2) is 5.57. The highest BCUT2D eigenvalue weighted by Gasteiger charge is 2.26. The first-order valence-electron chi connectivity index (χ1n) is 7.11. The summed E-state index contributed by atoms with van der Waals surface area (Å²) in [5.74, 6) is 0.874. The minimum absolute atomic E-state index is 0.700. The lowest BCUT2D eigenvalue weighted by atomic mass is 9.98. The molecule has 1 heteroatoms. The van der Waals surface area contributed by atoms with E-state index in [2.05, 4.69) is 44.3 Å². The third kappa shape index (κ3) is 2.65. The Bertz CT molecular complexity index is 370. The van der Waals surface area contributed by atoms with Crippen LogP contribution in [0.25, 0.3) is 0 Å². The van der Waals surface area contributed by atoms with Crippen LogP contribution in [0.2, 0.25) is 0 Å². The van der Waals surface area contributed by atoms with Crippen molar-refractivity contribution in [1.82, 2.24) is 0 Å². The normalized spacial score (nSPS) is 23.9. The van der Waals surface area contributed by atoms with Crippen molar-refractivity contribution in [3.05, 3.63) is 29.3 Å². The highest BCUT2D eigenvalue weighted by atomic mass is 14.9. The van der Waals surface area contributed by atoms with Gasteiger partial charge >= 0.3 is 0 Å². The van der Waals surface area contributed by atoms with Gasteiger partial charge in [-0.2, -0.15) is 0 Å². The van der Waals surface area contributed by atoms with Gasteiger partial charge in [-0.3, -0.25) is 0 Å². The van der Waals surface area contributed by atoms with E-state index < -0.39 is 0 Å². The van der Waals surface area contributed by atoms with Gasteiger partial charge in [0.1, 0.15) is 0 Å². The number of aryl methyl sites for hydroxylation is 2. The third-order valence-electron chi connectivity index (χ3n) is 4.25. The monoisotopic (exact) mass is 231 g/mol. The fraction of sp³-hybridized carbons (Fsp3) is 0.625. The van der Waals surface area contributed by atoms with Gasteiger partial charge in [0.15, 0.2) is 0 Å². The molecule has 17 heavy (non-hydrogen) atoms. The smallest absolute Gasteiger partial charge is 0.0404 e. The average molecular weight is 231 g/mol. The van der Waals surface area contributed by atoms with Gasteiger partial charge in [-0.05, 0) is 43.2 Å². The van der Waals surface area contributed by atoms with E-state index in [9.17, 15) is 0 Å². The van der Waals surface area contributed by atoms with Gasteiger partial charge in [0.25, 0.3) is 0 Å². The van der Waals surface area contributed by atoms with Crippen molar-refractivity contribution >= 4 is 5.69 Å². The molecule has 94 valence electrons. The van der Waals surface area contributed by atoms with Crippen LogP contribution in [0.1, 0.15) is 50.7 Å². The zero-order valence-electron chi connectivity index (χ0n) is 11.4. The standard InChI is InChI=1S/C16H25N/c1-4-13-9-7-11-15(13)17-16-12(3)8-6-10-14(16)5-2/h6,8,10,13,15,17H,4-5,7,9,11H2,1-3H3. The van der Waals surface area contributed by atoms with Crippen LogP contribution in [0.15, 0.2) is 18.2 Å². The molecule has 0 aromatic heterocycles. The van der Waals surface area contributed by atoms with Crippen molar-refractivity contribution < 1.29 is 0 Å². The first-order valence-corrected chi connectivity index (χ1v) is 7.11. The molecule has 1 nitrogen and oxygen atoms in total. The topological polar surface area (TPSA) is 12.0 Å². The minimum Gasteiger partial charge on any atom is -0.382 e. The molecule has 0 radical (unpaired) electrons. The van der Waals surface area contributed by atoms with E-state index in [0.717, 1.165) is 12.3 Å². The van der Waals surface area contributed by atoms with Crippen LogP contribution in [-0.4, -0.2) is 6.04 Å². The summed E-state index contributed by atoms with van der Waals surface area (Å²) < 4.78 is 0. The van der Waals surface area contributed by atoms with Gasteiger partial charge < -0.3 is 5.32 Å². The van der Waals surface area contributed by atoms with Crippen molar-refractivity contribution in [2.24, 2.45) is 5.92 Å². The van der Waals surface area contributed by atoms with Crippen LogP contribution >= 0.6 is 0 Å². The van der Waals surface area contributed by atoms with E-state index in [-0.39, 0.29) is 0 Å². The second-order valence-corrected chi connectivity index (χ2v) is 5.31. The molecule has 1 saturated carbocycles. The Balaban J connectivity index is 2.17. The molecule has 2 unspecified atom stereocenters. The van der Waals surface area contributed by atoms with Gasteiger partial charge in [0.05, 0.1) is 0 Å². The van der Waals surface area contributed by atoms with E-state index in [4.69, 9.17) is 0 Å². The quantitative estimate of drug-likeness (QED) is 0.801. The molecule has 1 aliphatic carbocycles. The molecule has 0 bridgehead atoms. The second-order valence-electron chi connectivity index (χ2n) is 5.31. The Hall–Kier alpha value is -0.980. The Kier molecular flexibility index (Phi) is 4.09. The predicted molar refractivity (Wildman–Crippen MR) is 75.6 cm³/mol. The van der Waals surface area contributed by atoms with Crippen LogP contribution in [-0.2, 0) is 6.42 Å². The van der Waals surface area contributed by atoms with Gasteiger partial charge in [0.2, 0.25) is 0 Å². The average Bonchev–Trinajstić information content (AvgIpc) is 2.79. The predicted octanol–water partition coefficient (Wildman–Crippen LogP) is 4.55. The fourth-order valence-corrected chi connectivity index (χ4v) is 3.13. The van der Waals surface area contributed by atoms with E-state index in [1.165, 1.54) is 42.5 Å². The molecule has 1 aromatic rings. The van der Waals surface area contributed by atoms with Crippen LogP contribution in [0, 0.1) is 12.8 Å². The molecule has 0 spiro atoms. The van der Waals surface area contributed by atoms with Gasteiger partial charge in [0, 0.05) is 11.7 Å². The molecule has 2 rings (SSSR count). The van der Waals surface area contributed by atoms with Crippen molar-refractivity contribution in [1.29, 1.82) is 0 Å². The molecule has 1 N–H and O–H groups in total. The number of benzene rings is 1. The first kappa shape index (κ1) is 12.5. The molecule has 0 saturated heterocycles. The van der Waals surface area contributed by atoms with Crippen molar-refractivity contribution in [2.75, 3.05) is 5.32 Å². The van der Waals surface area contributed by atoms with E-state index in [1.54, 1.807) is 0 Å². The van der Waals surface area contributed by atoms with Gasteiger partial charge in [-0.15, -0.1) is 0 Å². The molecule has 1 aromatic carbocycles. The van der Waals surface area contributed by atoms with Crippen LogP contribution < -0.4 is 5.32 Å². The molecule has 0 amide bonds. The van der Waals surface area contributed by atoms with Gasteiger partial charge in [-0.1, -0.05) is 44.9 Å². The van der Waals surface area contributed by atoms with Crippen molar-refractivity contribution in [3.63, 3.8) is 0 Å². The summed E-state index contributed by atoms with van der Waals surface area (Å²) in [6.07, 6.45) is 6.57. The SMILES string of the molecule is CCc1cccc(C)c1NC1CCCC1CC. The number of anilines is 1. The van der Waals surface area contributed by atoms with Crippen LogP contribution in [0.3, 0.4) is 0 Å². The Morgan fingerprint density at radius 2 is 2.06 bits per heavy atom. The summed E-state index contributed by atoms with van der Waals surface area (Å²) in [7, 11) is 0. The Morgan fingerprint density at radius 3 is 2.76 bits per heavy atom. The number of para-hydroxylation sites is 1. The van der Waals surface area contributed by atoms with Crippen LogP contribution in [0.5, 0.6) is 0 Å². The van der Waals surface area contributed by atoms with Crippen LogP contribution in [0.4, 0.5) is 5.69 Å². The van der Waals surface area contributed by atoms with E-state index in [1.807, 2.05) is 0 Å². The fourth-order valence-electron chi connectivity index (χ4n) is 3.13. The summed E-state index contributed by atoms with van der Waals surface area (Å²) in [4.78, 5) is 0. The largest absolute Gasteiger partial charge is 0.382 e. The molecule has 2 atom stereocenters. The maximum Gasteiger partial charge on any atom is 0.0404 e. The number of hydrogen-bond acceptors (Lipinski definition) is 1. The summed E-state index contributed by atoms with van der Waals surface area (Å²) >= 11 is 0. The summed E-state index contributed by atoms with van der Waals surface area (Å²) in [6.45, 7) is 6.78. The molecular formula is C16H25N. The highest BCUT2D eigenvalue weighted by molar-refractivity contribution is 5.58. The molecule has 1 aliphatic rings. The molecule has 0 aliphatic heterocycles. The lowest BCUT2D eigenvalue weighted by molar-refractivity contribution is 0.488. The van der Waals surface area contributed by atoms with Crippen molar-refractivity contribution in [3.8, 4) is 0 Å². The number of rotatable bonds is 4. The maximum atomic E-state index is 3.83. The third-order valence-corrected chi connectivity index (χ3v) is 4.25. The zero-order valence-corrected chi connectivity index (χ0v) is 11.4. The Morgan fingerprint density at radius 1 is 1.24 bits per heavy atom. The number of nitrogens with one attached hydrogen (secondary N) is 1. The lowest BCUT2D eigenvalue weighted by Crippen LogP contribution is -2.24. The van der Waals surface area contributed by atoms with E-state index >= 15 is 0 Å². The van der Waals surface area contributed by atoms with Gasteiger partial charge in [-0.25, -0.2) is 0 Å².